The van der Waals surface area contributed by atoms with Crippen LogP contribution in [0.5, 0.6) is 5.75 Å². The zero-order chi connectivity index (χ0) is 13.4. The Bertz CT molecular complexity index is 336. The molecule has 0 amide bonds. The molecule has 18 heavy (non-hydrogen) atoms. The van der Waals surface area contributed by atoms with Gasteiger partial charge in [-0.25, -0.2) is 0 Å². The van der Waals surface area contributed by atoms with Crippen molar-refractivity contribution in [1.82, 2.24) is 5.32 Å². The minimum absolute atomic E-state index is 0.519. The molecule has 0 fully saturated rings. The van der Waals surface area contributed by atoms with E-state index < -0.39 is 0 Å². The summed E-state index contributed by atoms with van der Waals surface area (Å²) in [5, 5.41) is 3.26. The molecule has 2 nitrogen and oxygen atoms in total. The second-order valence-electron chi connectivity index (χ2n) is 5.23. The summed E-state index contributed by atoms with van der Waals surface area (Å²) in [4.78, 5) is 0. The van der Waals surface area contributed by atoms with Gasteiger partial charge in [0.15, 0.2) is 0 Å². The molecule has 0 aliphatic rings. The van der Waals surface area contributed by atoms with Gasteiger partial charge in [0.2, 0.25) is 0 Å². The predicted octanol–water partition coefficient (Wildman–Crippen LogP) is 3.97. The second kappa shape index (κ2) is 8.15. The lowest BCUT2D eigenvalue weighted by atomic mass is 10.0. The molecule has 0 radical (unpaired) electrons. The first-order valence-corrected chi connectivity index (χ1v) is 7.04. The van der Waals surface area contributed by atoms with E-state index in [0.717, 1.165) is 18.8 Å². The van der Waals surface area contributed by atoms with Crippen LogP contribution in [0.2, 0.25) is 0 Å². The van der Waals surface area contributed by atoms with Crippen LogP contribution in [0.4, 0.5) is 0 Å². The van der Waals surface area contributed by atoms with Crippen LogP contribution in [0.25, 0.3) is 0 Å². The van der Waals surface area contributed by atoms with Crippen molar-refractivity contribution in [3.63, 3.8) is 0 Å². The molecule has 0 heterocycles. The number of benzene rings is 1. The topological polar surface area (TPSA) is 21.3 Å². The molecule has 0 spiro atoms. The van der Waals surface area contributed by atoms with Gasteiger partial charge in [0.25, 0.3) is 0 Å². The van der Waals surface area contributed by atoms with Crippen LogP contribution < -0.4 is 10.1 Å². The predicted molar refractivity (Wildman–Crippen MR) is 78.4 cm³/mol. The summed E-state index contributed by atoms with van der Waals surface area (Å²) < 4.78 is 5.89. The monoisotopic (exact) mass is 249 g/mol. The molecule has 1 rings (SSSR count). The third-order valence-electron chi connectivity index (χ3n) is 3.32. The summed E-state index contributed by atoms with van der Waals surface area (Å²) in [6, 6.07) is 8.96. The van der Waals surface area contributed by atoms with Crippen molar-refractivity contribution in [3.8, 4) is 5.75 Å². The second-order valence-corrected chi connectivity index (χ2v) is 5.23. The summed E-state index contributed by atoms with van der Waals surface area (Å²) in [6.07, 6.45) is 3.55. The van der Waals surface area contributed by atoms with E-state index in [2.05, 4.69) is 44.3 Å². The number of hydrogen-bond acceptors (Lipinski definition) is 2. The van der Waals surface area contributed by atoms with Crippen molar-refractivity contribution >= 4 is 0 Å². The Morgan fingerprint density at radius 3 is 2.50 bits per heavy atom. The lowest BCUT2D eigenvalue weighted by Crippen LogP contribution is -2.20. The lowest BCUT2D eigenvalue weighted by molar-refractivity contribution is 0.298. The third-order valence-corrected chi connectivity index (χ3v) is 3.32. The summed E-state index contributed by atoms with van der Waals surface area (Å²) >= 11 is 0. The van der Waals surface area contributed by atoms with Crippen LogP contribution in [-0.4, -0.2) is 19.7 Å². The Kier molecular flexibility index (Phi) is 6.81. The maximum Gasteiger partial charge on any atom is 0.122 e. The number of rotatable bonds is 8. The highest BCUT2D eigenvalue weighted by Crippen LogP contribution is 2.25. The van der Waals surface area contributed by atoms with Crippen LogP contribution in [0.1, 0.15) is 51.5 Å². The fourth-order valence-corrected chi connectivity index (χ4v) is 1.97. The summed E-state index contributed by atoms with van der Waals surface area (Å²) in [6.45, 7) is 7.45. The molecule has 0 bridgehead atoms. The van der Waals surface area contributed by atoms with Crippen LogP contribution >= 0.6 is 0 Å². The normalized spacial score (nSPS) is 12.7. The number of hydrogen-bond donors (Lipinski definition) is 1. The van der Waals surface area contributed by atoms with E-state index in [1.165, 1.54) is 18.4 Å². The van der Waals surface area contributed by atoms with E-state index in [4.69, 9.17) is 4.74 Å². The lowest BCUT2D eigenvalue weighted by Gasteiger charge is -2.14. The largest absolute Gasteiger partial charge is 0.493 e. The van der Waals surface area contributed by atoms with Gasteiger partial charge in [0.05, 0.1) is 6.61 Å². The van der Waals surface area contributed by atoms with Crippen molar-refractivity contribution in [2.24, 2.45) is 0 Å². The quantitative estimate of drug-likeness (QED) is 0.704. The molecule has 0 saturated heterocycles. The van der Waals surface area contributed by atoms with Crippen molar-refractivity contribution < 1.29 is 4.74 Å². The van der Waals surface area contributed by atoms with E-state index in [-0.39, 0.29) is 0 Å². The maximum atomic E-state index is 5.89. The van der Waals surface area contributed by atoms with Gasteiger partial charge in [-0.2, -0.15) is 0 Å². The van der Waals surface area contributed by atoms with Gasteiger partial charge in [0, 0.05) is 6.04 Å². The van der Waals surface area contributed by atoms with Crippen molar-refractivity contribution in [2.75, 3.05) is 13.7 Å². The standard InChI is InChI=1S/C16H27NO/c1-13(2)15-10-5-6-11-16(15)18-12-8-7-9-14(3)17-4/h5-6,10-11,13-14,17H,7-9,12H2,1-4H3. The molecule has 0 aliphatic carbocycles. The average molecular weight is 249 g/mol. The highest BCUT2D eigenvalue weighted by atomic mass is 16.5. The fraction of sp³-hybridized carbons (Fsp3) is 0.625. The molecule has 1 aromatic rings. The Hall–Kier alpha value is -1.02. The average Bonchev–Trinajstić information content (AvgIpc) is 2.38. The van der Waals surface area contributed by atoms with E-state index in [1.54, 1.807) is 0 Å². The van der Waals surface area contributed by atoms with Crippen LogP contribution in [0.3, 0.4) is 0 Å². The highest BCUT2D eigenvalue weighted by Gasteiger charge is 2.06. The Balaban J connectivity index is 2.31. The van der Waals surface area contributed by atoms with Crippen LogP contribution in [-0.2, 0) is 0 Å². The Labute approximate surface area is 112 Å². The summed E-state index contributed by atoms with van der Waals surface area (Å²) in [7, 11) is 2.01. The van der Waals surface area contributed by atoms with Gasteiger partial charge < -0.3 is 10.1 Å². The fourth-order valence-electron chi connectivity index (χ4n) is 1.97. The summed E-state index contributed by atoms with van der Waals surface area (Å²) in [5.41, 5.74) is 1.31. The number of nitrogens with one attached hydrogen (secondary N) is 1. The van der Waals surface area contributed by atoms with Crippen molar-refractivity contribution in [2.45, 2.75) is 52.0 Å². The maximum absolute atomic E-state index is 5.89. The van der Waals surface area contributed by atoms with E-state index in [9.17, 15) is 0 Å². The number of unbranched alkanes of at least 4 members (excludes halogenated alkanes) is 1. The highest BCUT2D eigenvalue weighted by molar-refractivity contribution is 5.35. The molecular weight excluding hydrogens is 222 g/mol. The van der Waals surface area contributed by atoms with E-state index in [1.807, 2.05) is 13.1 Å². The van der Waals surface area contributed by atoms with Gasteiger partial charge in [-0.15, -0.1) is 0 Å². The molecule has 102 valence electrons. The van der Waals surface area contributed by atoms with Crippen molar-refractivity contribution in [3.05, 3.63) is 29.8 Å². The summed E-state index contributed by atoms with van der Waals surface area (Å²) in [5.74, 6) is 1.57. The Morgan fingerprint density at radius 1 is 1.11 bits per heavy atom. The minimum Gasteiger partial charge on any atom is -0.493 e. The third kappa shape index (κ3) is 5.09. The first-order chi connectivity index (χ1) is 8.65. The first kappa shape index (κ1) is 15.0. The Morgan fingerprint density at radius 2 is 1.83 bits per heavy atom. The molecule has 1 unspecified atom stereocenters. The van der Waals surface area contributed by atoms with Gasteiger partial charge in [-0.05, 0) is 50.8 Å². The van der Waals surface area contributed by atoms with Gasteiger partial charge in [-0.1, -0.05) is 32.0 Å². The zero-order valence-electron chi connectivity index (χ0n) is 12.2. The van der Waals surface area contributed by atoms with Crippen molar-refractivity contribution in [1.29, 1.82) is 0 Å². The van der Waals surface area contributed by atoms with Gasteiger partial charge in [0.1, 0.15) is 5.75 Å². The molecule has 0 saturated carbocycles. The van der Waals surface area contributed by atoms with Gasteiger partial charge >= 0.3 is 0 Å². The molecule has 0 aromatic heterocycles. The smallest absolute Gasteiger partial charge is 0.122 e. The van der Waals surface area contributed by atoms with Crippen LogP contribution in [0.15, 0.2) is 24.3 Å². The van der Waals surface area contributed by atoms with Crippen LogP contribution in [0, 0.1) is 0 Å². The molecule has 1 aromatic carbocycles. The number of para-hydroxylation sites is 1. The van der Waals surface area contributed by atoms with Gasteiger partial charge in [-0.3, -0.25) is 0 Å². The molecular formula is C16H27NO. The first-order valence-electron chi connectivity index (χ1n) is 7.04. The zero-order valence-corrected chi connectivity index (χ0v) is 12.2. The van der Waals surface area contributed by atoms with E-state index in [0.29, 0.717) is 12.0 Å². The SMILES string of the molecule is CNC(C)CCCCOc1ccccc1C(C)C. The number of ether oxygens (including phenoxy) is 1. The van der Waals surface area contributed by atoms with E-state index >= 15 is 0 Å². The minimum atomic E-state index is 0.519. The molecule has 0 aliphatic heterocycles. The molecule has 1 atom stereocenters. The molecule has 1 N–H and O–H groups in total. The molecule has 2 heteroatoms.